The van der Waals surface area contributed by atoms with Crippen LogP contribution in [-0.4, -0.2) is 17.9 Å². The van der Waals surface area contributed by atoms with Gasteiger partial charge in [-0.15, -0.1) is 11.3 Å². The highest BCUT2D eigenvalue weighted by Crippen LogP contribution is 2.48. The van der Waals surface area contributed by atoms with Crippen LogP contribution in [0.4, 0.5) is 4.39 Å². The molecule has 2 unspecified atom stereocenters. The van der Waals surface area contributed by atoms with Crippen LogP contribution in [0.5, 0.6) is 0 Å². The lowest BCUT2D eigenvalue weighted by Crippen LogP contribution is -2.27. The van der Waals surface area contributed by atoms with Crippen LogP contribution in [0.3, 0.4) is 0 Å². The summed E-state index contributed by atoms with van der Waals surface area (Å²) in [7, 11) is 1.84. The Kier molecular flexibility index (Phi) is 4.13. The van der Waals surface area contributed by atoms with Gasteiger partial charge in [0.1, 0.15) is 5.82 Å². The van der Waals surface area contributed by atoms with Gasteiger partial charge in [-0.3, -0.25) is 4.79 Å². The van der Waals surface area contributed by atoms with Crippen LogP contribution in [0, 0.1) is 11.7 Å². The van der Waals surface area contributed by atoms with Gasteiger partial charge in [-0.1, -0.05) is 12.1 Å². The maximum absolute atomic E-state index is 12.9. The Morgan fingerprint density at radius 2 is 2.05 bits per heavy atom. The molecule has 1 aliphatic carbocycles. The average molecular weight is 368 g/mol. The molecule has 0 bridgehead atoms. The SMILES string of the molecule is CN(Cc1ccc(Br)s1)C(=O)C1CC1c1ccc(F)cc1. The molecule has 1 saturated carbocycles. The van der Waals surface area contributed by atoms with E-state index < -0.39 is 0 Å². The van der Waals surface area contributed by atoms with Crippen LogP contribution >= 0.6 is 27.3 Å². The second-order valence-electron chi connectivity index (χ2n) is 5.40. The highest BCUT2D eigenvalue weighted by molar-refractivity contribution is 9.11. The van der Waals surface area contributed by atoms with Crippen molar-refractivity contribution in [3.8, 4) is 0 Å². The summed E-state index contributed by atoms with van der Waals surface area (Å²) >= 11 is 5.08. The fourth-order valence-electron chi connectivity index (χ4n) is 2.58. The Morgan fingerprint density at radius 1 is 1.33 bits per heavy atom. The van der Waals surface area contributed by atoms with Crippen LogP contribution in [0.15, 0.2) is 40.2 Å². The summed E-state index contributed by atoms with van der Waals surface area (Å²) in [6, 6.07) is 10.5. The molecule has 1 aliphatic rings. The molecule has 0 N–H and O–H groups in total. The molecule has 5 heteroatoms. The molecule has 2 atom stereocenters. The van der Waals surface area contributed by atoms with Crippen LogP contribution in [0.25, 0.3) is 0 Å². The van der Waals surface area contributed by atoms with Gasteiger partial charge >= 0.3 is 0 Å². The van der Waals surface area contributed by atoms with Crippen LogP contribution in [0.1, 0.15) is 22.8 Å². The van der Waals surface area contributed by atoms with Gasteiger partial charge in [0.15, 0.2) is 0 Å². The minimum atomic E-state index is -0.234. The van der Waals surface area contributed by atoms with Crippen LogP contribution in [0.2, 0.25) is 0 Å². The maximum Gasteiger partial charge on any atom is 0.226 e. The monoisotopic (exact) mass is 367 g/mol. The summed E-state index contributed by atoms with van der Waals surface area (Å²) in [5.41, 5.74) is 1.06. The molecule has 0 spiro atoms. The fourth-order valence-corrected chi connectivity index (χ4v) is 4.11. The lowest BCUT2D eigenvalue weighted by atomic mass is 10.1. The minimum Gasteiger partial charge on any atom is -0.340 e. The van der Waals surface area contributed by atoms with Gasteiger partial charge in [0.25, 0.3) is 0 Å². The number of carbonyl (C=O) groups excluding carboxylic acids is 1. The van der Waals surface area contributed by atoms with Crippen molar-refractivity contribution in [3.63, 3.8) is 0 Å². The van der Waals surface area contributed by atoms with Crippen LogP contribution < -0.4 is 0 Å². The van der Waals surface area contributed by atoms with E-state index >= 15 is 0 Å². The number of carbonyl (C=O) groups is 1. The Bertz CT molecular complexity index is 655. The molecular formula is C16H15BrFNOS. The molecule has 2 nitrogen and oxygen atoms in total. The third-order valence-corrected chi connectivity index (χ3v) is 5.41. The summed E-state index contributed by atoms with van der Waals surface area (Å²) in [5, 5.41) is 0. The summed E-state index contributed by atoms with van der Waals surface area (Å²) in [6.45, 7) is 0.641. The second-order valence-corrected chi connectivity index (χ2v) is 7.95. The number of rotatable bonds is 4. The standard InChI is InChI=1S/C16H15BrFNOS/c1-19(9-12-6-7-15(17)21-12)16(20)14-8-13(14)10-2-4-11(18)5-3-10/h2-7,13-14H,8-9H2,1H3. The van der Waals surface area contributed by atoms with Crippen LogP contribution in [-0.2, 0) is 11.3 Å². The van der Waals surface area contributed by atoms with Crippen molar-refractivity contribution >= 4 is 33.2 Å². The molecule has 3 rings (SSSR count). The van der Waals surface area contributed by atoms with E-state index in [9.17, 15) is 9.18 Å². The molecule has 21 heavy (non-hydrogen) atoms. The van der Waals surface area contributed by atoms with E-state index in [1.807, 2.05) is 19.2 Å². The number of hydrogen-bond donors (Lipinski definition) is 0. The third kappa shape index (κ3) is 3.35. The molecule has 1 aromatic carbocycles. The van der Waals surface area contributed by atoms with Crippen molar-refractivity contribution < 1.29 is 9.18 Å². The van der Waals surface area contributed by atoms with E-state index in [1.54, 1.807) is 28.4 Å². The maximum atomic E-state index is 12.9. The minimum absolute atomic E-state index is 0.0452. The molecule has 0 aliphatic heterocycles. The zero-order valence-corrected chi connectivity index (χ0v) is 14.0. The smallest absolute Gasteiger partial charge is 0.226 e. The number of benzene rings is 1. The number of amides is 1. The highest BCUT2D eigenvalue weighted by atomic mass is 79.9. The molecule has 1 heterocycles. The van der Waals surface area contributed by atoms with Crippen molar-refractivity contribution in [2.24, 2.45) is 5.92 Å². The molecule has 0 radical (unpaired) electrons. The van der Waals surface area contributed by atoms with E-state index in [0.29, 0.717) is 6.54 Å². The van der Waals surface area contributed by atoms with E-state index in [0.717, 1.165) is 20.6 Å². The predicted octanol–water partition coefficient (Wildman–Crippen LogP) is 4.41. The molecule has 1 amide bonds. The van der Waals surface area contributed by atoms with Crippen molar-refractivity contribution in [2.45, 2.75) is 18.9 Å². The highest BCUT2D eigenvalue weighted by Gasteiger charge is 2.45. The third-order valence-electron chi connectivity index (χ3n) is 3.80. The summed E-state index contributed by atoms with van der Waals surface area (Å²) in [4.78, 5) is 15.4. The first-order valence-electron chi connectivity index (χ1n) is 6.79. The first-order chi connectivity index (χ1) is 10.0. The quantitative estimate of drug-likeness (QED) is 0.783. The van der Waals surface area contributed by atoms with Crippen molar-refractivity contribution in [2.75, 3.05) is 7.05 Å². The van der Waals surface area contributed by atoms with Gasteiger partial charge in [-0.2, -0.15) is 0 Å². The lowest BCUT2D eigenvalue weighted by molar-refractivity contribution is -0.131. The Morgan fingerprint density at radius 3 is 2.67 bits per heavy atom. The normalized spacial score (nSPS) is 20.3. The number of nitrogens with zero attached hydrogens (tertiary/aromatic N) is 1. The number of halogens is 2. The van der Waals surface area contributed by atoms with Gasteiger partial charge < -0.3 is 4.90 Å². The number of thiophene rings is 1. The Balaban J connectivity index is 1.60. The summed E-state index contributed by atoms with van der Waals surface area (Å²) < 4.78 is 14.0. The lowest BCUT2D eigenvalue weighted by Gasteiger charge is -2.16. The molecule has 1 aromatic heterocycles. The second kappa shape index (κ2) is 5.89. The summed E-state index contributed by atoms with van der Waals surface area (Å²) in [5.74, 6) is 0.232. The van der Waals surface area contributed by atoms with Gasteiger partial charge in [-0.05, 0) is 58.1 Å². The molecular weight excluding hydrogens is 353 g/mol. The topological polar surface area (TPSA) is 20.3 Å². The van der Waals surface area contributed by atoms with Crippen molar-refractivity contribution in [3.05, 3.63) is 56.4 Å². The van der Waals surface area contributed by atoms with Gasteiger partial charge in [0, 0.05) is 17.8 Å². The Hall–Kier alpha value is -1.20. The van der Waals surface area contributed by atoms with E-state index in [4.69, 9.17) is 0 Å². The van der Waals surface area contributed by atoms with Gasteiger partial charge in [-0.25, -0.2) is 4.39 Å². The average Bonchev–Trinajstić information content (AvgIpc) is 3.15. The fraction of sp³-hybridized carbons (Fsp3) is 0.312. The molecule has 0 saturated heterocycles. The number of hydrogen-bond acceptors (Lipinski definition) is 2. The largest absolute Gasteiger partial charge is 0.340 e. The molecule has 2 aromatic rings. The van der Waals surface area contributed by atoms with Crippen molar-refractivity contribution in [1.82, 2.24) is 4.90 Å². The summed E-state index contributed by atoms with van der Waals surface area (Å²) in [6.07, 6.45) is 0.864. The van der Waals surface area contributed by atoms with E-state index in [-0.39, 0.29) is 23.6 Å². The zero-order valence-electron chi connectivity index (χ0n) is 11.6. The predicted molar refractivity (Wildman–Crippen MR) is 85.7 cm³/mol. The van der Waals surface area contributed by atoms with Crippen molar-refractivity contribution in [1.29, 1.82) is 0 Å². The molecule has 1 fully saturated rings. The van der Waals surface area contributed by atoms with Gasteiger partial charge in [0.05, 0.1) is 10.3 Å². The van der Waals surface area contributed by atoms with E-state index in [2.05, 4.69) is 15.9 Å². The Labute approximate surface area is 135 Å². The van der Waals surface area contributed by atoms with Gasteiger partial charge in [0.2, 0.25) is 5.91 Å². The first kappa shape index (κ1) is 14.7. The molecule has 110 valence electrons. The van der Waals surface area contributed by atoms with E-state index in [1.165, 1.54) is 12.1 Å². The first-order valence-corrected chi connectivity index (χ1v) is 8.40. The zero-order chi connectivity index (χ0) is 15.0.